The second kappa shape index (κ2) is 4.69. The van der Waals surface area contributed by atoms with E-state index < -0.39 is 6.09 Å². The van der Waals surface area contributed by atoms with Crippen LogP contribution in [-0.2, 0) is 4.74 Å². The molecule has 4 atom stereocenters. The average molecular weight is 256 g/mol. The third-order valence-corrected chi connectivity index (χ3v) is 5.14. The Morgan fingerprint density at radius 1 is 1.24 bits per heavy atom. The molecule has 0 radical (unpaired) electrons. The lowest BCUT2D eigenvalue weighted by atomic mass is 9.78. The first-order valence-electron chi connectivity index (χ1n) is 6.61. The summed E-state index contributed by atoms with van der Waals surface area (Å²) in [6, 6.07) is 0.627. The Hall–Kier alpha value is -0.420. The summed E-state index contributed by atoms with van der Waals surface area (Å²) >= 11 is 1.96. The van der Waals surface area contributed by atoms with Gasteiger partial charge in [0.25, 0.3) is 0 Å². The Labute approximate surface area is 106 Å². The first kappa shape index (κ1) is 11.7. The fourth-order valence-electron chi connectivity index (χ4n) is 3.50. The Morgan fingerprint density at radius 2 is 2.00 bits per heavy atom. The van der Waals surface area contributed by atoms with E-state index in [1.165, 1.54) is 37.9 Å². The van der Waals surface area contributed by atoms with E-state index in [1.54, 1.807) is 0 Å². The number of nitrogens with two attached hydrogens (primary N) is 1. The normalized spacial score (nSPS) is 41.6. The van der Waals surface area contributed by atoms with Crippen molar-refractivity contribution in [1.82, 2.24) is 4.90 Å². The summed E-state index contributed by atoms with van der Waals surface area (Å²) < 4.78 is 5.31. The summed E-state index contributed by atoms with van der Waals surface area (Å²) in [7, 11) is 0. The lowest BCUT2D eigenvalue weighted by Crippen LogP contribution is -2.54. The van der Waals surface area contributed by atoms with Crippen molar-refractivity contribution in [1.29, 1.82) is 0 Å². The Bertz CT molecular complexity index is 309. The monoisotopic (exact) mass is 256 g/mol. The molecule has 0 bridgehead atoms. The predicted molar refractivity (Wildman–Crippen MR) is 67.5 cm³/mol. The smallest absolute Gasteiger partial charge is 0.406 e. The number of thioether (sulfide) groups is 1. The number of hydrogen-bond acceptors (Lipinski definition) is 4. The van der Waals surface area contributed by atoms with Crippen LogP contribution in [-0.4, -0.2) is 34.4 Å². The fraction of sp³-hybridized carbons (Fsp3) is 0.917. The van der Waals surface area contributed by atoms with Crippen molar-refractivity contribution in [2.75, 3.05) is 5.75 Å². The van der Waals surface area contributed by atoms with Crippen molar-refractivity contribution in [3.05, 3.63) is 0 Å². The van der Waals surface area contributed by atoms with Crippen LogP contribution in [0.4, 0.5) is 4.79 Å². The highest BCUT2D eigenvalue weighted by molar-refractivity contribution is 8.06. The zero-order valence-corrected chi connectivity index (χ0v) is 10.8. The standard InChI is InChI=1S/C12H20N2O2S/c13-12(15)16-10-6-5-8-3-1-2-4-9(8)14(10)11-7-17-11/h8-11H,1-7H2,(H2,13,15). The molecule has 5 heteroatoms. The maximum absolute atomic E-state index is 11.0. The molecule has 3 aliphatic rings. The fourth-order valence-corrected chi connectivity index (χ4v) is 4.23. The summed E-state index contributed by atoms with van der Waals surface area (Å²) in [5, 5.41) is 0.574. The van der Waals surface area contributed by atoms with E-state index in [2.05, 4.69) is 4.90 Å². The van der Waals surface area contributed by atoms with E-state index >= 15 is 0 Å². The molecule has 1 aliphatic carbocycles. The van der Waals surface area contributed by atoms with Crippen LogP contribution in [0, 0.1) is 5.92 Å². The summed E-state index contributed by atoms with van der Waals surface area (Å²) in [6.07, 6.45) is 6.76. The van der Waals surface area contributed by atoms with Crippen LogP contribution in [0.5, 0.6) is 0 Å². The van der Waals surface area contributed by atoms with E-state index in [0.29, 0.717) is 11.4 Å². The number of fused-ring (bicyclic) bond motifs is 1. The van der Waals surface area contributed by atoms with Crippen molar-refractivity contribution in [2.45, 2.75) is 56.2 Å². The number of likely N-dealkylation sites (tertiary alicyclic amines) is 1. The minimum absolute atomic E-state index is 0.0631. The topological polar surface area (TPSA) is 55.6 Å². The van der Waals surface area contributed by atoms with Crippen LogP contribution < -0.4 is 5.73 Å². The molecule has 3 fully saturated rings. The van der Waals surface area contributed by atoms with Gasteiger partial charge in [-0.15, -0.1) is 11.8 Å². The van der Waals surface area contributed by atoms with Gasteiger partial charge in [0.15, 0.2) is 6.23 Å². The predicted octanol–water partition coefficient (Wildman–Crippen LogP) is 2.14. The number of hydrogen-bond donors (Lipinski definition) is 1. The maximum atomic E-state index is 11.0. The van der Waals surface area contributed by atoms with Gasteiger partial charge in [0.05, 0.1) is 5.37 Å². The molecular formula is C12H20N2O2S. The summed E-state index contributed by atoms with van der Waals surface area (Å²) in [4.78, 5) is 13.4. The molecule has 2 N–H and O–H groups in total. The van der Waals surface area contributed by atoms with Gasteiger partial charge < -0.3 is 10.5 Å². The third kappa shape index (κ3) is 2.40. The molecule has 2 heterocycles. The van der Waals surface area contributed by atoms with Crippen LogP contribution in [0.25, 0.3) is 0 Å². The zero-order chi connectivity index (χ0) is 11.8. The molecule has 0 aromatic carbocycles. The number of nitrogens with zero attached hydrogens (tertiary/aromatic N) is 1. The van der Waals surface area contributed by atoms with Crippen molar-refractivity contribution < 1.29 is 9.53 Å². The number of ether oxygens (including phenoxy) is 1. The van der Waals surface area contributed by atoms with E-state index in [4.69, 9.17) is 10.5 Å². The highest BCUT2D eigenvalue weighted by Gasteiger charge is 2.46. The molecule has 1 saturated carbocycles. The molecule has 96 valence electrons. The summed E-state index contributed by atoms with van der Waals surface area (Å²) in [5.41, 5.74) is 5.18. The number of amides is 1. The molecule has 4 unspecified atom stereocenters. The minimum atomic E-state index is -0.625. The first-order valence-corrected chi connectivity index (χ1v) is 7.65. The molecule has 2 saturated heterocycles. The van der Waals surface area contributed by atoms with Gasteiger partial charge in [-0.1, -0.05) is 12.8 Å². The van der Waals surface area contributed by atoms with Gasteiger partial charge in [0, 0.05) is 11.8 Å². The lowest BCUT2D eigenvalue weighted by molar-refractivity contribution is -0.0906. The maximum Gasteiger partial charge on any atom is 0.406 e. The lowest BCUT2D eigenvalue weighted by Gasteiger charge is -2.47. The molecule has 4 nitrogen and oxygen atoms in total. The highest BCUT2D eigenvalue weighted by Crippen LogP contribution is 2.45. The molecule has 17 heavy (non-hydrogen) atoms. The molecule has 0 aromatic rings. The average Bonchev–Trinajstić information content (AvgIpc) is 3.12. The van der Waals surface area contributed by atoms with Gasteiger partial charge in [-0.25, -0.2) is 4.79 Å². The van der Waals surface area contributed by atoms with E-state index in [1.807, 2.05) is 11.8 Å². The van der Waals surface area contributed by atoms with Crippen LogP contribution in [0.15, 0.2) is 0 Å². The molecule has 2 aliphatic heterocycles. The van der Waals surface area contributed by atoms with Crippen LogP contribution in [0.2, 0.25) is 0 Å². The van der Waals surface area contributed by atoms with Crippen molar-refractivity contribution in [2.24, 2.45) is 11.7 Å². The molecule has 3 rings (SSSR count). The van der Waals surface area contributed by atoms with E-state index in [9.17, 15) is 4.79 Å². The second-order valence-corrected chi connectivity index (χ2v) is 6.53. The molecule has 0 aromatic heterocycles. The van der Waals surface area contributed by atoms with Gasteiger partial charge in [0.1, 0.15) is 0 Å². The van der Waals surface area contributed by atoms with E-state index in [-0.39, 0.29) is 6.23 Å². The van der Waals surface area contributed by atoms with Crippen molar-refractivity contribution in [3.63, 3.8) is 0 Å². The van der Waals surface area contributed by atoms with E-state index in [0.717, 1.165) is 12.3 Å². The van der Waals surface area contributed by atoms with Crippen LogP contribution >= 0.6 is 11.8 Å². The highest BCUT2D eigenvalue weighted by atomic mass is 32.2. The van der Waals surface area contributed by atoms with Crippen LogP contribution in [0.3, 0.4) is 0 Å². The SMILES string of the molecule is NC(=O)OC1CCC2CCCCC2N1C1CS1. The quantitative estimate of drug-likeness (QED) is 0.769. The second-order valence-electron chi connectivity index (χ2n) is 5.32. The third-order valence-electron chi connectivity index (χ3n) is 4.27. The zero-order valence-electron chi connectivity index (χ0n) is 10.0. The van der Waals surface area contributed by atoms with Gasteiger partial charge >= 0.3 is 6.09 Å². The Morgan fingerprint density at radius 3 is 2.71 bits per heavy atom. The largest absolute Gasteiger partial charge is 0.430 e. The number of rotatable bonds is 2. The van der Waals surface area contributed by atoms with Gasteiger partial charge in [-0.05, 0) is 31.6 Å². The number of carbonyl (C=O) groups is 1. The molecule has 1 amide bonds. The number of piperidine rings is 1. The van der Waals surface area contributed by atoms with Gasteiger partial charge in [0.2, 0.25) is 0 Å². The molecule has 0 spiro atoms. The summed E-state index contributed by atoms with van der Waals surface area (Å²) in [5.74, 6) is 2.00. The first-order chi connectivity index (χ1) is 8.25. The molecular weight excluding hydrogens is 236 g/mol. The Kier molecular flexibility index (Phi) is 3.21. The number of primary amides is 1. The van der Waals surface area contributed by atoms with Gasteiger partial charge in [-0.3, -0.25) is 4.90 Å². The van der Waals surface area contributed by atoms with Crippen LogP contribution in [0.1, 0.15) is 38.5 Å². The minimum Gasteiger partial charge on any atom is -0.430 e. The summed E-state index contributed by atoms with van der Waals surface area (Å²) in [6.45, 7) is 0. The van der Waals surface area contributed by atoms with Crippen molar-refractivity contribution >= 4 is 17.9 Å². The van der Waals surface area contributed by atoms with Crippen molar-refractivity contribution in [3.8, 4) is 0 Å². The number of carbonyl (C=O) groups excluding carboxylic acids is 1. The van der Waals surface area contributed by atoms with Gasteiger partial charge in [-0.2, -0.15) is 0 Å². The Balaban J connectivity index is 1.74.